The molecule has 1 atom stereocenters. The smallest absolute Gasteiger partial charge is 0.319 e. The van der Waals surface area contributed by atoms with Crippen molar-refractivity contribution in [2.45, 2.75) is 51.5 Å². The molecule has 1 unspecified atom stereocenters. The van der Waals surface area contributed by atoms with Crippen molar-refractivity contribution in [3.63, 3.8) is 0 Å². The third-order valence-corrected chi connectivity index (χ3v) is 6.18. The van der Waals surface area contributed by atoms with Crippen molar-refractivity contribution in [2.24, 2.45) is 5.92 Å². The zero-order valence-electron chi connectivity index (χ0n) is 18.4. The molecule has 0 aromatic heterocycles. The molecule has 2 aliphatic heterocycles. The Morgan fingerprint density at radius 1 is 1.00 bits per heavy atom. The number of carbonyl (C=O) groups is 2. The Hall–Kier alpha value is -2.24. The Labute approximate surface area is 175 Å². The molecule has 2 aliphatic rings. The lowest BCUT2D eigenvalue weighted by molar-refractivity contribution is -0.138. The summed E-state index contributed by atoms with van der Waals surface area (Å²) in [5.41, 5.74) is 2.47. The van der Waals surface area contributed by atoms with Gasteiger partial charge < -0.3 is 20.0 Å². The average molecular weight is 401 g/mol. The van der Waals surface area contributed by atoms with Crippen molar-refractivity contribution >= 4 is 17.6 Å². The van der Waals surface area contributed by atoms with Crippen LogP contribution in [0.25, 0.3) is 0 Å². The van der Waals surface area contributed by atoms with E-state index in [2.05, 4.69) is 43.4 Å². The monoisotopic (exact) mass is 400 g/mol. The number of nitrogens with one attached hydrogen (secondary N) is 1. The fourth-order valence-corrected chi connectivity index (χ4v) is 4.35. The molecule has 0 saturated carbocycles. The molecule has 160 valence electrons. The molecule has 0 aliphatic carbocycles. The van der Waals surface area contributed by atoms with E-state index in [0.29, 0.717) is 25.0 Å². The highest BCUT2D eigenvalue weighted by atomic mass is 16.2. The van der Waals surface area contributed by atoms with E-state index >= 15 is 0 Å². The number of likely N-dealkylation sites (tertiary alicyclic amines) is 2. The van der Waals surface area contributed by atoms with Crippen LogP contribution in [0.3, 0.4) is 0 Å². The van der Waals surface area contributed by atoms with Gasteiger partial charge in [0.05, 0.1) is 0 Å². The normalized spacial score (nSPS) is 20.7. The number of anilines is 1. The average Bonchev–Trinajstić information content (AvgIpc) is 2.73. The quantitative estimate of drug-likeness (QED) is 0.840. The number of amides is 3. The van der Waals surface area contributed by atoms with Gasteiger partial charge in [0.25, 0.3) is 0 Å². The fourth-order valence-electron chi connectivity index (χ4n) is 4.35. The van der Waals surface area contributed by atoms with Crippen LogP contribution >= 0.6 is 0 Å². The van der Waals surface area contributed by atoms with Crippen molar-refractivity contribution in [3.8, 4) is 0 Å². The highest BCUT2D eigenvalue weighted by molar-refractivity contribution is 5.80. The van der Waals surface area contributed by atoms with Crippen LogP contribution in [0, 0.1) is 5.92 Å². The maximum Gasteiger partial charge on any atom is 0.319 e. The van der Waals surface area contributed by atoms with Crippen molar-refractivity contribution in [1.82, 2.24) is 14.7 Å². The predicted molar refractivity (Wildman–Crippen MR) is 117 cm³/mol. The molecule has 0 radical (unpaired) electrons. The summed E-state index contributed by atoms with van der Waals surface area (Å²) in [5, 5.41) is 3.62. The SMILES string of the molecule is CC(C)c1ccc(NC2CCCN(C(=O)C3CCN(C(=O)N(C)C)CC3)C2)cc1. The molecular weight excluding hydrogens is 364 g/mol. The standard InChI is InChI=1S/C23H36N4O2/c1-17(2)18-7-9-20(10-8-18)24-21-6-5-13-27(16-21)22(28)19-11-14-26(15-12-19)23(29)25(3)4/h7-10,17,19,21,24H,5-6,11-16H2,1-4H3. The summed E-state index contributed by atoms with van der Waals surface area (Å²) >= 11 is 0. The van der Waals surface area contributed by atoms with Gasteiger partial charge in [-0.15, -0.1) is 0 Å². The summed E-state index contributed by atoms with van der Waals surface area (Å²) in [6.07, 6.45) is 3.66. The number of piperidine rings is 2. The molecule has 29 heavy (non-hydrogen) atoms. The van der Waals surface area contributed by atoms with E-state index in [0.717, 1.165) is 44.5 Å². The molecule has 6 nitrogen and oxygen atoms in total. The fraction of sp³-hybridized carbons (Fsp3) is 0.652. The first-order chi connectivity index (χ1) is 13.8. The van der Waals surface area contributed by atoms with Crippen LogP contribution in [-0.4, -0.2) is 73.0 Å². The van der Waals surface area contributed by atoms with Gasteiger partial charge in [0.15, 0.2) is 0 Å². The lowest BCUT2D eigenvalue weighted by Gasteiger charge is -2.38. The van der Waals surface area contributed by atoms with E-state index < -0.39 is 0 Å². The molecule has 1 N–H and O–H groups in total. The van der Waals surface area contributed by atoms with E-state index in [1.807, 2.05) is 9.80 Å². The summed E-state index contributed by atoms with van der Waals surface area (Å²) in [7, 11) is 3.55. The number of rotatable bonds is 4. The number of hydrogen-bond donors (Lipinski definition) is 1. The molecule has 1 aromatic carbocycles. The van der Waals surface area contributed by atoms with Crippen LogP contribution in [0.5, 0.6) is 0 Å². The lowest BCUT2D eigenvalue weighted by Crippen LogP contribution is -2.50. The second-order valence-electron chi connectivity index (χ2n) is 8.98. The highest BCUT2D eigenvalue weighted by Crippen LogP contribution is 2.24. The third-order valence-electron chi connectivity index (χ3n) is 6.18. The van der Waals surface area contributed by atoms with Gasteiger partial charge in [0.1, 0.15) is 0 Å². The van der Waals surface area contributed by atoms with Crippen LogP contribution in [0.1, 0.15) is 51.0 Å². The van der Waals surface area contributed by atoms with Crippen LogP contribution in [-0.2, 0) is 4.79 Å². The minimum absolute atomic E-state index is 0.0432. The number of hydrogen-bond acceptors (Lipinski definition) is 3. The second kappa shape index (κ2) is 9.51. The molecule has 0 bridgehead atoms. The molecule has 2 fully saturated rings. The molecular formula is C23H36N4O2. The summed E-state index contributed by atoms with van der Waals surface area (Å²) in [4.78, 5) is 30.7. The Kier molecular flexibility index (Phi) is 7.04. The second-order valence-corrected chi connectivity index (χ2v) is 8.98. The first-order valence-corrected chi connectivity index (χ1v) is 11.0. The van der Waals surface area contributed by atoms with Gasteiger partial charge in [-0.3, -0.25) is 4.79 Å². The Morgan fingerprint density at radius 3 is 2.24 bits per heavy atom. The maximum atomic E-state index is 13.1. The number of carbonyl (C=O) groups excluding carboxylic acids is 2. The predicted octanol–water partition coefficient (Wildman–Crippen LogP) is 3.61. The van der Waals surface area contributed by atoms with Crippen molar-refractivity contribution < 1.29 is 9.59 Å². The summed E-state index contributed by atoms with van der Waals surface area (Å²) in [5.74, 6) is 0.847. The number of nitrogens with zero attached hydrogens (tertiary/aromatic N) is 3. The Balaban J connectivity index is 1.51. The van der Waals surface area contributed by atoms with Gasteiger partial charge in [-0.05, 0) is 49.3 Å². The molecule has 2 heterocycles. The van der Waals surface area contributed by atoms with Crippen LogP contribution < -0.4 is 5.32 Å². The number of urea groups is 1. The molecule has 6 heteroatoms. The van der Waals surface area contributed by atoms with E-state index in [4.69, 9.17) is 0 Å². The van der Waals surface area contributed by atoms with Gasteiger partial charge in [0, 0.05) is 57.9 Å². The van der Waals surface area contributed by atoms with Crippen LogP contribution in [0.4, 0.5) is 10.5 Å². The Morgan fingerprint density at radius 2 is 1.66 bits per heavy atom. The molecule has 3 rings (SSSR count). The van der Waals surface area contributed by atoms with Gasteiger partial charge in [-0.1, -0.05) is 26.0 Å². The first kappa shape index (κ1) is 21.5. The van der Waals surface area contributed by atoms with Gasteiger partial charge in [-0.2, -0.15) is 0 Å². The topological polar surface area (TPSA) is 55.9 Å². The minimum Gasteiger partial charge on any atom is -0.381 e. The minimum atomic E-state index is 0.0432. The highest BCUT2D eigenvalue weighted by Gasteiger charge is 2.32. The largest absolute Gasteiger partial charge is 0.381 e. The van der Waals surface area contributed by atoms with E-state index in [1.165, 1.54) is 5.56 Å². The Bertz CT molecular complexity index is 693. The molecule has 2 saturated heterocycles. The van der Waals surface area contributed by atoms with Gasteiger partial charge >= 0.3 is 6.03 Å². The van der Waals surface area contributed by atoms with Gasteiger partial charge in [-0.25, -0.2) is 4.79 Å². The van der Waals surface area contributed by atoms with E-state index in [9.17, 15) is 9.59 Å². The molecule has 3 amide bonds. The van der Waals surface area contributed by atoms with Crippen molar-refractivity contribution in [1.29, 1.82) is 0 Å². The molecule has 0 spiro atoms. The molecule has 1 aromatic rings. The van der Waals surface area contributed by atoms with E-state index in [1.54, 1.807) is 19.0 Å². The third kappa shape index (κ3) is 5.43. The lowest BCUT2D eigenvalue weighted by atomic mass is 9.94. The van der Waals surface area contributed by atoms with Crippen molar-refractivity contribution in [3.05, 3.63) is 29.8 Å². The van der Waals surface area contributed by atoms with Crippen LogP contribution in [0.2, 0.25) is 0 Å². The number of benzene rings is 1. The first-order valence-electron chi connectivity index (χ1n) is 11.0. The van der Waals surface area contributed by atoms with E-state index in [-0.39, 0.29) is 17.9 Å². The zero-order valence-corrected chi connectivity index (χ0v) is 18.4. The zero-order chi connectivity index (χ0) is 21.0. The van der Waals surface area contributed by atoms with Crippen molar-refractivity contribution in [2.75, 3.05) is 45.6 Å². The summed E-state index contributed by atoms with van der Waals surface area (Å²) in [6, 6.07) is 9.00. The summed E-state index contributed by atoms with van der Waals surface area (Å²) < 4.78 is 0. The summed E-state index contributed by atoms with van der Waals surface area (Å²) in [6.45, 7) is 7.36. The van der Waals surface area contributed by atoms with Crippen LogP contribution in [0.15, 0.2) is 24.3 Å². The van der Waals surface area contributed by atoms with Gasteiger partial charge in [0.2, 0.25) is 5.91 Å². The maximum absolute atomic E-state index is 13.1.